The van der Waals surface area contributed by atoms with Crippen molar-refractivity contribution < 1.29 is 49.1 Å². The van der Waals surface area contributed by atoms with Gasteiger partial charge in [-0.3, -0.25) is 24.2 Å². The molecule has 0 spiro atoms. The fourth-order valence-corrected chi connectivity index (χ4v) is 5.42. The summed E-state index contributed by atoms with van der Waals surface area (Å²) in [5.74, 6) is -5.00. The summed E-state index contributed by atoms with van der Waals surface area (Å²) in [6.45, 7) is 8.49. The highest BCUT2D eigenvalue weighted by Gasteiger charge is 2.40. The van der Waals surface area contributed by atoms with Crippen LogP contribution in [0, 0.1) is 0 Å². The third-order valence-corrected chi connectivity index (χ3v) is 7.61. The molecule has 0 atom stereocenters. The van der Waals surface area contributed by atoms with Gasteiger partial charge in [-0.15, -0.1) is 0 Å². The molecule has 0 bridgehead atoms. The standard InChI is InChI=1S/C23H34N4O3.C6H8O7/c1-29-13-8-24-23(28)18-27-17-19(21-4-2-3-5-22(21)27)16-25-9-6-20(7-10-25)26-11-14-30-15-12-26;7-3(8)1-6(13,5(11)12)2-4(9)10/h2-5,17,20H,6-16,18H2,1H3,(H,24,28);13H,1-2H2,(H,7,8)(H,9,10)(H,11,12). The summed E-state index contributed by atoms with van der Waals surface area (Å²) in [6, 6.07) is 9.09. The highest BCUT2D eigenvalue weighted by atomic mass is 16.5. The molecule has 2 aliphatic rings. The van der Waals surface area contributed by atoms with Gasteiger partial charge in [0, 0.05) is 56.4 Å². The summed E-state index contributed by atoms with van der Waals surface area (Å²) in [5.41, 5.74) is -0.310. The van der Waals surface area contributed by atoms with Gasteiger partial charge in [0.2, 0.25) is 5.91 Å². The molecular weight excluding hydrogens is 564 g/mol. The highest BCUT2D eigenvalue weighted by Crippen LogP contribution is 2.25. The Labute approximate surface area is 249 Å². The van der Waals surface area contributed by atoms with E-state index in [4.69, 9.17) is 29.9 Å². The van der Waals surface area contributed by atoms with Gasteiger partial charge in [0.15, 0.2) is 5.60 Å². The van der Waals surface area contributed by atoms with Gasteiger partial charge < -0.3 is 39.8 Å². The monoisotopic (exact) mass is 606 g/mol. The second kappa shape index (κ2) is 16.3. The number of amides is 1. The van der Waals surface area contributed by atoms with Crippen molar-refractivity contribution in [2.45, 2.75) is 50.4 Å². The first-order chi connectivity index (χ1) is 20.5. The minimum Gasteiger partial charge on any atom is -0.481 e. The number of methoxy groups -OCH3 is 1. The lowest BCUT2D eigenvalue weighted by molar-refractivity contribution is -0.170. The summed E-state index contributed by atoms with van der Waals surface area (Å²) < 4.78 is 12.6. The average molecular weight is 607 g/mol. The number of hydrogen-bond donors (Lipinski definition) is 5. The van der Waals surface area contributed by atoms with Crippen molar-refractivity contribution in [1.29, 1.82) is 0 Å². The van der Waals surface area contributed by atoms with Crippen molar-refractivity contribution in [2.75, 3.05) is 59.7 Å². The molecule has 43 heavy (non-hydrogen) atoms. The first kappa shape index (κ1) is 33.9. The molecule has 14 heteroatoms. The SMILES string of the molecule is COCCNC(=O)Cn1cc(CN2CCC(N3CCOCC3)CC2)c2ccccc21.O=C(O)CC(O)(CC(=O)O)C(=O)O. The second-order valence-corrected chi connectivity index (χ2v) is 10.8. The first-order valence-electron chi connectivity index (χ1n) is 14.3. The summed E-state index contributed by atoms with van der Waals surface area (Å²) in [7, 11) is 1.64. The quantitative estimate of drug-likeness (QED) is 0.198. The fourth-order valence-electron chi connectivity index (χ4n) is 5.42. The number of aliphatic carboxylic acids is 3. The minimum atomic E-state index is -2.74. The van der Waals surface area contributed by atoms with E-state index in [1.54, 1.807) is 7.11 Å². The maximum Gasteiger partial charge on any atom is 0.336 e. The van der Waals surface area contributed by atoms with E-state index < -0.39 is 36.4 Å². The smallest absolute Gasteiger partial charge is 0.336 e. The molecule has 5 N–H and O–H groups in total. The zero-order chi connectivity index (χ0) is 31.4. The van der Waals surface area contributed by atoms with Crippen LogP contribution in [0.15, 0.2) is 30.5 Å². The van der Waals surface area contributed by atoms with Crippen LogP contribution in [0.2, 0.25) is 0 Å². The number of para-hydroxylation sites is 1. The van der Waals surface area contributed by atoms with Crippen molar-refractivity contribution >= 4 is 34.7 Å². The number of benzene rings is 1. The van der Waals surface area contributed by atoms with Crippen LogP contribution in [0.5, 0.6) is 0 Å². The van der Waals surface area contributed by atoms with Crippen molar-refractivity contribution in [1.82, 2.24) is 19.7 Å². The van der Waals surface area contributed by atoms with Crippen molar-refractivity contribution in [3.63, 3.8) is 0 Å². The third-order valence-electron chi connectivity index (χ3n) is 7.61. The van der Waals surface area contributed by atoms with Gasteiger partial charge >= 0.3 is 17.9 Å². The maximum absolute atomic E-state index is 12.3. The summed E-state index contributed by atoms with van der Waals surface area (Å²) >= 11 is 0. The largest absolute Gasteiger partial charge is 0.481 e. The predicted molar refractivity (Wildman–Crippen MR) is 155 cm³/mol. The van der Waals surface area contributed by atoms with Crippen LogP contribution in [0.3, 0.4) is 0 Å². The van der Waals surface area contributed by atoms with Crippen molar-refractivity contribution in [3.8, 4) is 0 Å². The number of carbonyl (C=O) groups is 4. The minimum absolute atomic E-state index is 0.0191. The Balaban J connectivity index is 0.000000331. The van der Waals surface area contributed by atoms with Gasteiger partial charge in [0.25, 0.3) is 0 Å². The molecule has 1 aromatic carbocycles. The van der Waals surface area contributed by atoms with Crippen LogP contribution < -0.4 is 5.32 Å². The van der Waals surface area contributed by atoms with Gasteiger partial charge in [-0.25, -0.2) is 4.79 Å². The molecule has 2 fully saturated rings. The molecule has 3 heterocycles. The molecule has 14 nitrogen and oxygen atoms in total. The van der Waals surface area contributed by atoms with Crippen LogP contribution in [0.25, 0.3) is 10.9 Å². The van der Waals surface area contributed by atoms with E-state index in [-0.39, 0.29) is 5.91 Å². The molecule has 0 aliphatic carbocycles. The van der Waals surface area contributed by atoms with Crippen LogP contribution in [0.1, 0.15) is 31.2 Å². The molecule has 2 saturated heterocycles. The van der Waals surface area contributed by atoms with E-state index in [1.165, 1.54) is 23.8 Å². The molecule has 0 unspecified atom stereocenters. The molecule has 1 amide bonds. The average Bonchev–Trinajstić information content (AvgIpc) is 3.30. The number of aromatic nitrogens is 1. The van der Waals surface area contributed by atoms with Crippen molar-refractivity contribution in [3.05, 3.63) is 36.0 Å². The first-order valence-corrected chi connectivity index (χ1v) is 14.3. The van der Waals surface area contributed by atoms with E-state index in [2.05, 4.69) is 44.1 Å². The number of carboxylic acids is 3. The number of carboxylic acid groups (broad SMARTS) is 3. The number of rotatable bonds is 13. The Hall–Kier alpha value is -3.56. The molecule has 0 radical (unpaired) electrons. The molecule has 238 valence electrons. The lowest BCUT2D eigenvalue weighted by atomic mass is 9.96. The number of morpholine rings is 1. The van der Waals surface area contributed by atoms with Crippen LogP contribution >= 0.6 is 0 Å². The van der Waals surface area contributed by atoms with Crippen LogP contribution in [-0.4, -0.2) is 130 Å². The van der Waals surface area contributed by atoms with Crippen molar-refractivity contribution in [2.24, 2.45) is 0 Å². The predicted octanol–water partition coefficient (Wildman–Crippen LogP) is 0.452. The lowest BCUT2D eigenvalue weighted by Crippen LogP contribution is -2.48. The van der Waals surface area contributed by atoms with E-state index >= 15 is 0 Å². The number of aliphatic hydroxyl groups is 1. The fraction of sp³-hybridized carbons (Fsp3) is 0.586. The zero-order valence-corrected chi connectivity index (χ0v) is 24.4. The molecule has 4 rings (SSSR count). The molecule has 2 aromatic rings. The lowest BCUT2D eigenvalue weighted by Gasteiger charge is -2.40. The summed E-state index contributed by atoms with van der Waals surface area (Å²) in [4.78, 5) is 48.0. The Bertz CT molecular complexity index is 1220. The Morgan fingerprint density at radius 1 is 1.00 bits per heavy atom. The van der Waals surface area contributed by atoms with E-state index in [0.717, 1.165) is 51.5 Å². The Morgan fingerprint density at radius 3 is 2.21 bits per heavy atom. The van der Waals surface area contributed by atoms with Gasteiger partial charge in [-0.2, -0.15) is 0 Å². The number of nitrogens with one attached hydrogen (secondary N) is 1. The summed E-state index contributed by atoms with van der Waals surface area (Å²) in [5, 5.41) is 38.0. The zero-order valence-electron chi connectivity index (χ0n) is 24.4. The molecular formula is C29H42N4O10. The second-order valence-electron chi connectivity index (χ2n) is 10.8. The van der Waals surface area contributed by atoms with Gasteiger partial charge in [-0.1, -0.05) is 18.2 Å². The van der Waals surface area contributed by atoms with Gasteiger partial charge in [0.05, 0.1) is 32.7 Å². The van der Waals surface area contributed by atoms with Gasteiger partial charge in [0.1, 0.15) is 6.54 Å². The normalized spacial score (nSPS) is 16.8. The number of likely N-dealkylation sites (tertiary alicyclic amines) is 1. The van der Waals surface area contributed by atoms with Crippen LogP contribution in [0.4, 0.5) is 0 Å². The maximum atomic E-state index is 12.3. The number of ether oxygens (including phenoxy) is 2. The highest BCUT2D eigenvalue weighted by molar-refractivity contribution is 5.88. The van der Waals surface area contributed by atoms with E-state index in [1.807, 2.05) is 6.07 Å². The number of piperidine rings is 1. The number of nitrogens with zero attached hydrogens (tertiary/aromatic N) is 3. The van der Waals surface area contributed by atoms with E-state index in [9.17, 15) is 19.2 Å². The molecule has 2 aliphatic heterocycles. The van der Waals surface area contributed by atoms with Gasteiger partial charge in [-0.05, 0) is 37.6 Å². The van der Waals surface area contributed by atoms with Crippen LogP contribution in [-0.2, 0) is 41.7 Å². The third kappa shape index (κ3) is 10.3. The number of hydrogen-bond acceptors (Lipinski definition) is 9. The Morgan fingerprint density at radius 2 is 1.63 bits per heavy atom. The van der Waals surface area contributed by atoms with E-state index in [0.29, 0.717) is 25.7 Å². The number of carbonyl (C=O) groups excluding carboxylic acids is 1. The molecule has 1 aromatic heterocycles. The summed E-state index contributed by atoms with van der Waals surface area (Å²) in [6.07, 6.45) is 2.32. The topological polar surface area (TPSA) is 191 Å². The number of fused-ring (bicyclic) bond motifs is 1. The Kier molecular flexibility index (Phi) is 12.9. The molecule has 0 saturated carbocycles.